The molecule has 0 amide bonds. The SMILES string of the molecule is Cc1ccc(C2CCCN2C(O)C(C)(C)Oc2ccc(Cl)cc2F)cc1. The van der Waals surface area contributed by atoms with Gasteiger partial charge in [0.15, 0.2) is 11.6 Å². The van der Waals surface area contributed by atoms with Crippen molar-refractivity contribution >= 4 is 11.6 Å². The van der Waals surface area contributed by atoms with E-state index in [-0.39, 0.29) is 11.8 Å². The van der Waals surface area contributed by atoms with E-state index in [1.165, 1.54) is 23.3 Å². The lowest BCUT2D eigenvalue weighted by Crippen LogP contribution is -2.52. The number of benzene rings is 2. The average molecular weight is 378 g/mol. The van der Waals surface area contributed by atoms with E-state index in [0.717, 1.165) is 19.4 Å². The fraction of sp³-hybridized carbons (Fsp3) is 0.429. The molecule has 26 heavy (non-hydrogen) atoms. The van der Waals surface area contributed by atoms with Crippen molar-refractivity contribution in [3.63, 3.8) is 0 Å². The Bertz CT molecular complexity index is 763. The van der Waals surface area contributed by atoms with E-state index in [1.54, 1.807) is 19.9 Å². The molecule has 2 unspecified atom stereocenters. The van der Waals surface area contributed by atoms with Crippen molar-refractivity contribution in [1.82, 2.24) is 4.90 Å². The number of likely N-dealkylation sites (tertiary alicyclic amines) is 1. The Morgan fingerprint density at radius 3 is 2.58 bits per heavy atom. The maximum atomic E-state index is 14.1. The Hall–Kier alpha value is -1.62. The minimum absolute atomic E-state index is 0.0875. The van der Waals surface area contributed by atoms with Crippen LogP contribution in [0.5, 0.6) is 5.75 Å². The minimum atomic E-state index is -0.984. The van der Waals surface area contributed by atoms with Crippen LogP contribution in [-0.2, 0) is 0 Å². The van der Waals surface area contributed by atoms with Crippen LogP contribution >= 0.6 is 11.6 Å². The number of rotatable bonds is 5. The lowest BCUT2D eigenvalue weighted by molar-refractivity contribution is -0.124. The molecule has 0 bridgehead atoms. The molecule has 140 valence electrons. The zero-order chi connectivity index (χ0) is 18.9. The van der Waals surface area contributed by atoms with E-state index in [1.807, 2.05) is 4.90 Å². The molecule has 1 N–H and O–H groups in total. The maximum Gasteiger partial charge on any atom is 0.166 e. The first-order valence-electron chi connectivity index (χ1n) is 8.92. The largest absolute Gasteiger partial charge is 0.481 e. The monoisotopic (exact) mass is 377 g/mol. The van der Waals surface area contributed by atoms with Crippen LogP contribution in [0.1, 0.15) is 43.9 Å². The van der Waals surface area contributed by atoms with Crippen LogP contribution in [0.4, 0.5) is 4.39 Å². The predicted molar refractivity (Wildman–Crippen MR) is 102 cm³/mol. The normalized spacial score (nSPS) is 19.5. The maximum absolute atomic E-state index is 14.1. The quantitative estimate of drug-likeness (QED) is 0.786. The molecule has 1 fully saturated rings. The highest BCUT2D eigenvalue weighted by Crippen LogP contribution is 2.37. The van der Waals surface area contributed by atoms with Crippen molar-refractivity contribution < 1.29 is 14.2 Å². The summed E-state index contributed by atoms with van der Waals surface area (Å²) in [6.45, 7) is 6.38. The topological polar surface area (TPSA) is 32.7 Å². The van der Waals surface area contributed by atoms with Gasteiger partial charge in [-0.1, -0.05) is 41.4 Å². The third kappa shape index (κ3) is 4.03. The second kappa shape index (κ2) is 7.55. The van der Waals surface area contributed by atoms with Gasteiger partial charge in [0.2, 0.25) is 0 Å². The van der Waals surface area contributed by atoms with E-state index in [4.69, 9.17) is 16.3 Å². The number of aliphatic hydroxyl groups is 1. The molecule has 5 heteroatoms. The van der Waals surface area contributed by atoms with Gasteiger partial charge in [-0.25, -0.2) is 4.39 Å². The molecule has 2 aromatic rings. The van der Waals surface area contributed by atoms with Crippen molar-refractivity contribution in [3.05, 3.63) is 64.4 Å². The Kier molecular flexibility index (Phi) is 5.56. The molecule has 2 aromatic carbocycles. The van der Waals surface area contributed by atoms with Gasteiger partial charge in [0.1, 0.15) is 11.8 Å². The number of nitrogens with zero attached hydrogens (tertiary/aromatic N) is 1. The molecule has 0 spiro atoms. The van der Waals surface area contributed by atoms with Gasteiger partial charge in [-0.15, -0.1) is 0 Å². The number of aliphatic hydroxyl groups excluding tert-OH is 1. The highest BCUT2D eigenvalue weighted by atomic mass is 35.5. The van der Waals surface area contributed by atoms with Crippen LogP contribution in [0.25, 0.3) is 0 Å². The molecule has 2 atom stereocenters. The van der Waals surface area contributed by atoms with Gasteiger partial charge in [-0.05, 0) is 57.4 Å². The molecule has 3 rings (SSSR count). The number of hydrogen-bond acceptors (Lipinski definition) is 3. The smallest absolute Gasteiger partial charge is 0.166 e. The molecule has 0 aromatic heterocycles. The van der Waals surface area contributed by atoms with Crippen molar-refractivity contribution in [2.75, 3.05) is 6.54 Å². The van der Waals surface area contributed by atoms with Gasteiger partial charge < -0.3 is 9.84 Å². The zero-order valence-corrected chi connectivity index (χ0v) is 16.1. The number of hydrogen-bond donors (Lipinski definition) is 1. The highest BCUT2D eigenvalue weighted by molar-refractivity contribution is 6.30. The fourth-order valence-corrected chi connectivity index (χ4v) is 3.68. The molecule has 1 saturated heterocycles. The van der Waals surface area contributed by atoms with Crippen molar-refractivity contribution in [1.29, 1.82) is 0 Å². The van der Waals surface area contributed by atoms with Gasteiger partial charge in [-0.3, -0.25) is 4.90 Å². The second-order valence-corrected chi connectivity index (χ2v) is 7.90. The lowest BCUT2D eigenvalue weighted by Gasteiger charge is -2.39. The Morgan fingerprint density at radius 1 is 1.23 bits per heavy atom. The molecular formula is C21H25ClFNO2. The Morgan fingerprint density at radius 2 is 1.92 bits per heavy atom. The molecule has 1 aliphatic rings. The summed E-state index contributed by atoms with van der Waals surface area (Å²) >= 11 is 5.80. The summed E-state index contributed by atoms with van der Waals surface area (Å²) in [6.07, 6.45) is 1.11. The summed E-state index contributed by atoms with van der Waals surface area (Å²) in [5, 5.41) is 11.3. The van der Waals surface area contributed by atoms with Gasteiger partial charge in [-0.2, -0.15) is 0 Å². The van der Waals surface area contributed by atoms with E-state index < -0.39 is 17.6 Å². The molecular weight excluding hydrogens is 353 g/mol. The molecule has 0 saturated carbocycles. The second-order valence-electron chi connectivity index (χ2n) is 7.46. The first-order chi connectivity index (χ1) is 12.3. The van der Waals surface area contributed by atoms with Gasteiger partial charge >= 0.3 is 0 Å². The number of aryl methyl sites for hydroxylation is 1. The van der Waals surface area contributed by atoms with Gasteiger partial charge in [0, 0.05) is 17.6 Å². The van der Waals surface area contributed by atoms with Crippen LogP contribution in [0, 0.1) is 12.7 Å². The van der Waals surface area contributed by atoms with E-state index in [2.05, 4.69) is 31.2 Å². The Labute approximate surface area is 159 Å². The minimum Gasteiger partial charge on any atom is -0.481 e. The summed E-state index contributed by atoms with van der Waals surface area (Å²) < 4.78 is 19.9. The molecule has 1 aliphatic heterocycles. The summed E-state index contributed by atoms with van der Waals surface area (Å²) in [7, 11) is 0. The van der Waals surface area contributed by atoms with E-state index >= 15 is 0 Å². The summed E-state index contributed by atoms with van der Waals surface area (Å²) in [6, 6.07) is 12.8. The Balaban J connectivity index is 1.79. The van der Waals surface area contributed by atoms with Crippen LogP contribution in [0.15, 0.2) is 42.5 Å². The zero-order valence-electron chi connectivity index (χ0n) is 15.4. The third-order valence-electron chi connectivity index (χ3n) is 4.96. The van der Waals surface area contributed by atoms with Crippen LogP contribution in [0.3, 0.4) is 0 Å². The van der Waals surface area contributed by atoms with Crippen LogP contribution in [0.2, 0.25) is 5.02 Å². The van der Waals surface area contributed by atoms with Crippen molar-refractivity contribution in [2.45, 2.75) is 51.5 Å². The van der Waals surface area contributed by atoms with Crippen molar-refractivity contribution in [3.8, 4) is 5.75 Å². The first-order valence-corrected chi connectivity index (χ1v) is 9.30. The molecule has 0 radical (unpaired) electrons. The summed E-state index contributed by atoms with van der Waals surface area (Å²) in [5.74, 6) is -0.446. The van der Waals surface area contributed by atoms with Gasteiger partial charge in [0.05, 0.1) is 0 Å². The lowest BCUT2D eigenvalue weighted by atomic mass is 10.0. The first kappa shape index (κ1) is 19.2. The number of halogens is 2. The summed E-state index contributed by atoms with van der Waals surface area (Å²) in [5.41, 5.74) is 1.41. The fourth-order valence-electron chi connectivity index (χ4n) is 3.52. The molecule has 3 nitrogen and oxygen atoms in total. The highest BCUT2D eigenvalue weighted by Gasteiger charge is 2.41. The molecule has 1 heterocycles. The van der Waals surface area contributed by atoms with Crippen molar-refractivity contribution in [2.24, 2.45) is 0 Å². The number of ether oxygens (including phenoxy) is 1. The van der Waals surface area contributed by atoms with E-state index in [9.17, 15) is 9.50 Å². The van der Waals surface area contributed by atoms with Crippen LogP contribution in [-0.4, -0.2) is 28.4 Å². The average Bonchev–Trinajstić information content (AvgIpc) is 3.07. The summed E-state index contributed by atoms with van der Waals surface area (Å²) in [4.78, 5) is 2.04. The third-order valence-corrected chi connectivity index (χ3v) is 5.19. The standard InChI is InChI=1S/C21H25ClFNO2/c1-14-6-8-15(9-7-14)18-5-4-12-24(18)20(25)21(2,3)26-19-11-10-16(22)13-17(19)23/h6-11,13,18,20,25H,4-5,12H2,1-3H3. The predicted octanol–water partition coefficient (Wildman–Crippen LogP) is 5.10. The van der Waals surface area contributed by atoms with Gasteiger partial charge in [0.25, 0.3) is 0 Å². The molecule has 0 aliphatic carbocycles. The van der Waals surface area contributed by atoms with Crippen LogP contribution < -0.4 is 4.74 Å². The van der Waals surface area contributed by atoms with E-state index in [0.29, 0.717) is 5.02 Å².